The van der Waals surface area contributed by atoms with Crippen molar-refractivity contribution in [1.29, 1.82) is 0 Å². The molecule has 1 unspecified atom stereocenters. The summed E-state index contributed by atoms with van der Waals surface area (Å²) in [5.41, 5.74) is 4.26. The molecule has 2 heterocycles. The molecule has 1 aliphatic heterocycles. The number of amides is 1. The van der Waals surface area contributed by atoms with E-state index < -0.39 is 6.10 Å². The monoisotopic (exact) mass is 366 g/mol. The number of hydrogen-bond donors (Lipinski definition) is 1. The predicted octanol–water partition coefficient (Wildman–Crippen LogP) is 4.21. The molecule has 1 aliphatic rings. The molecule has 1 atom stereocenters. The van der Waals surface area contributed by atoms with Gasteiger partial charge >= 0.3 is 0 Å². The molecule has 132 valence electrons. The van der Waals surface area contributed by atoms with Crippen LogP contribution in [0.3, 0.4) is 0 Å². The van der Waals surface area contributed by atoms with E-state index in [9.17, 15) is 4.79 Å². The first kappa shape index (κ1) is 16.6. The molecule has 1 amide bonds. The largest absolute Gasteiger partial charge is 0.485 e. The lowest BCUT2D eigenvalue weighted by Gasteiger charge is -2.25. The number of para-hydroxylation sites is 2. The van der Waals surface area contributed by atoms with Crippen LogP contribution in [0.2, 0.25) is 0 Å². The van der Waals surface area contributed by atoms with Gasteiger partial charge in [0.15, 0.2) is 16.6 Å². The Hall–Kier alpha value is -2.86. The highest BCUT2D eigenvalue weighted by molar-refractivity contribution is 7.14. The quantitative estimate of drug-likeness (QED) is 0.754. The lowest BCUT2D eigenvalue weighted by atomic mass is 10.0. The summed E-state index contributed by atoms with van der Waals surface area (Å²) in [5.74, 6) is 0.971. The molecule has 26 heavy (non-hydrogen) atoms. The van der Waals surface area contributed by atoms with E-state index in [0.717, 1.165) is 16.8 Å². The van der Waals surface area contributed by atoms with Crippen molar-refractivity contribution in [3.05, 3.63) is 59.0 Å². The molecule has 0 aliphatic carbocycles. The molecule has 0 spiro atoms. The molecular formula is C20H18N2O3S. The number of carbonyl (C=O) groups is 1. The number of anilines is 1. The van der Waals surface area contributed by atoms with Crippen molar-refractivity contribution in [2.24, 2.45) is 0 Å². The van der Waals surface area contributed by atoms with E-state index in [1.54, 1.807) is 6.07 Å². The standard InChI is InChI=1S/C20H18N2O3S/c1-12-7-8-13(2)14(9-12)15-11-26-20(21-15)22-19(23)18-10-24-16-5-3-4-6-17(16)25-18/h3-9,11,18H,10H2,1-2H3,(H,21,22,23). The summed E-state index contributed by atoms with van der Waals surface area (Å²) in [6, 6.07) is 13.6. The molecule has 3 aromatic rings. The van der Waals surface area contributed by atoms with Crippen molar-refractivity contribution in [2.45, 2.75) is 20.0 Å². The number of benzene rings is 2. The van der Waals surface area contributed by atoms with Gasteiger partial charge in [0, 0.05) is 10.9 Å². The van der Waals surface area contributed by atoms with Gasteiger partial charge in [-0.05, 0) is 37.6 Å². The van der Waals surface area contributed by atoms with Gasteiger partial charge in [0.05, 0.1) is 5.69 Å². The molecule has 0 fully saturated rings. The Morgan fingerprint density at radius 2 is 2.00 bits per heavy atom. The fourth-order valence-corrected chi connectivity index (χ4v) is 3.51. The molecule has 0 saturated heterocycles. The SMILES string of the molecule is Cc1ccc(C)c(-c2csc(NC(=O)C3COc4ccccc4O3)n2)c1. The normalized spacial score (nSPS) is 15.5. The van der Waals surface area contributed by atoms with Crippen molar-refractivity contribution in [3.63, 3.8) is 0 Å². The summed E-state index contributed by atoms with van der Waals surface area (Å²) >= 11 is 1.40. The molecule has 0 bridgehead atoms. The van der Waals surface area contributed by atoms with E-state index in [-0.39, 0.29) is 12.5 Å². The van der Waals surface area contributed by atoms with Crippen LogP contribution in [0.15, 0.2) is 47.8 Å². The minimum atomic E-state index is -0.696. The Labute approximate surface area is 155 Å². The Balaban J connectivity index is 1.48. The topological polar surface area (TPSA) is 60.5 Å². The predicted molar refractivity (Wildman–Crippen MR) is 102 cm³/mol. The highest BCUT2D eigenvalue weighted by atomic mass is 32.1. The minimum absolute atomic E-state index is 0.179. The van der Waals surface area contributed by atoms with Gasteiger partial charge in [0.25, 0.3) is 5.91 Å². The number of nitrogens with one attached hydrogen (secondary N) is 1. The van der Waals surface area contributed by atoms with E-state index >= 15 is 0 Å². The summed E-state index contributed by atoms with van der Waals surface area (Å²) in [6.45, 7) is 4.28. The number of fused-ring (bicyclic) bond motifs is 1. The Morgan fingerprint density at radius 3 is 2.85 bits per heavy atom. The maximum Gasteiger partial charge on any atom is 0.270 e. The molecule has 1 aromatic heterocycles. The first-order chi connectivity index (χ1) is 12.6. The first-order valence-corrected chi connectivity index (χ1v) is 9.20. The number of thiazole rings is 1. The summed E-state index contributed by atoms with van der Waals surface area (Å²) < 4.78 is 11.3. The minimum Gasteiger partial charge on any atom is -0.485 e. The highest BCUT2D eigenvalue weighted by Crippen LogP contribution is 2.32. The lowest BCUT2D eigenvalue weighted by Crippen LogP contribution is -2.40. The van der Waals surface area contributed by atoms with Gasteiger partial charge < -0.3 is 9.47 Å². The van der Waals surface area contributed by atoms with Crippen LogP contribution >= 0.6 is 11.3 Å². The van der Waals surface area contributed by atoms with Gasteiger partial charge in [-0.3, -0.25) is 10.1 Å². The Bertz CT molecular complexity index is 967. The van der Waals surface area contributed by atoms with Gasteiger partial charge in [-0.1, -0.05) is 29.8 Å². The number of carbonyl (C=O) groups excluding carboxylic acids is 1. The highest BCUT2D eigenvalue weighted by Gasteiger charge is 2.27. The van der Waals surface area contributed by atoms with Crippen LogP contribution in [0.1, 0.15) is 11.1 Å². The molecule has 5 nitrogen and oxygen atoms in total. The maximum absolute atomic E-state index is 12.5. The van der Waals surface area contributed by atoms with Crippen LogP contribution in [0.25, 0.3) is 11.3 Å². The second kappa shape index (κ2) is 6.80. The van der Waals surface area contributed by atoms with Crippen molar-refractivity contribution >= 4 is 22.4 Å². The van der Waals surface area contributed by atoms with Crippen molar-refractivity contribution < 1.29 is 14.3 Å². The first-order valence-electron chi connectivity index (χ1n) is 8.32. The summed E-state index contributed by atoms with van der Waals surface area (Å²) in [4.78, 5) is 17.0. The van der Waals surface area contributed by atoms with Crippen LogP contribution in [0.5, 0.6) is 11.5 Å². The molecule has 0 saturated carbocycles. The lowest BCUT2D eigenvalue weighted by molar-refractivity contribution is -0.125. The smallest absolute Gasteiger partial charge is 0.270 e. The van der Waals surface area contributed by atoms with Crippen LogP contribution in [0.4, 0.5) is 5.13 Å². The second-order valence-electron chi connectivity index (χ2n) is 6.21. The van der Waals surface area contributed by atoms with Crippen molar-refractivity contribution in [1.82, 2.24) is 4.98 Å². The van der Waals surface area contributed by atoms with Gasteiger partial charge in [0.2, 0.25) is 6.10 Å². The van der Waals surface area contributed by atoms with Crippen molar-refractivity contribution in [2.75, 3.05) is 11.9 Å². The summed E-state index contributed by atoms with van der Waals surface area (Å²) in [6.07, 6.45) is -0.696. The summed E-state index contributed by atoms with van der Waals surface area (Å²) in [7, 11) is 0. The fourth-order valence-electron chi connectivity index (χ4n) is 2.80. The maximum atomic E-state index is 12.5. The molecular weight excluding hydrogens is 348 g/mol. The van der Waals surface area contributed by atoms with Gasteiger partial charge in [-0.2, -0.15) is 0 Å². The van der Waals surface area contributed by atoms with E-state index in [1.165, 1.54) is 16.9 Å². The average Bonchev–Trinajstić information content (AvgIpc) is 3.11. The van der Waals surface area contributed by atoms with E-state index in [4.69, 9.17) is 9.47 Å². The number of nitrogens with zero attached hydrogens (tertiary/aromatic N) is 1. The number of ether oxygens (including phenoxy) is 2. The zero-order valence-corrected chi connectivity index (χ0v) is 15.3. The van der Waals surface area contributed by atoms with Gasteiger partial charge in [-0.15, -0.1) is 11.3 Å². The van der Waals surface area contributed by atoms with Crippen LogP contribution in [0, 0.1) is 13.8 Å². The van der Waals surface area contributed by atoms with E-state index in [0.29, 0.717) is 16.6 Å². The average molecular weight is 366 g/mol. The number of aryl methyl sites for hydroxylation is 2. The van der Waals surface area contributed by atoms with Gasteiger partial charge in [0.1, 0.15) is 6.61 Å². The third kappa shape index (κ3) is 3.28. The molecule has 6 heteroatoms. The van der Waals surface area contributed by atoms with Crippen molar-refractivity contribution in [3.8, 4) is 22.8 Å². The summed E-state index contributed by atoms with van der Waals surface area (Å²) in [5, 5.41) is 5.33. The zero-order chi connectivity index (χ0) is 18.1. The molecule has 1 N–H and O–H groups in total. The zero-order valence-electron chi connectivity index (χ0n) is 14.5. The number of hydrogen-bond acceptors (Lipinski definition) is 5. The van der Waals surface area contributed by atoms with Crippen LogP contribution < -0.4 is 14.8 Å². The number of rotatable bonds is 3. The second-order valence-corrected chi connectivity index (χ2v) is 7.07. The molecule has 2 aromatic carbocycles. The molecule has 0 radical (unpaired) electrons. The molecule has 4 rings (SSSR count). The van der Waals surface area contributed by atoms with Crippen LogP contribution in [-0.4, -0.2) is 23.6 Å². The van der Waals surface area contributed by atoms with Gasteiger partial charge in [-0.25, -0.2) is 4.98 Å². The fraction of sp³-hybridized carbons (Fsp3) is 0.200. The third-order valence-electron chi connectivity index (χ3n) is 4.20. The Kier molecular flexibility index (Phi) is 4.34. The van der Waals surface area contributed by atoms with Crippen LogP contribution in [-0.2, 0) is 4.79 Å². The number of aromatic nitrogens is 1. The van der Waals surface area contributed by atoms with E-state index in [1.807, 2.05) is 23.6 Å². The third-order valence-corrected chi connectivity index (χ3v) is 4.96. The Morgan fingerprint density at radius 1 is 1.19 bits per heavy atom. The van der Waals surface area contributed by atoms with E-state index in [2.05, 4.69) is 42.3 Å².